The Morgan fingerprint density at radius 1 is 1.24 bits per heavy atom. The zero-order valence-corrected chi connectivity index (χ0v) is 14.8. The fourth-order valence-corrected chi connectivity index (χ4v) is 3.10. The highest BCUT2D eigenvalue weighted by Crippen LogP contribution is 2.27. The van der Waals surface area contributed by atoms with Crippen LogP contribution < -0.4 is 14.8 Å². The molecule has 0 radical (unpaired) electrons. The van der Waals surface area contributed by atoms with Crippen LogP contribution in [0.3, 0.4) is 0 Å². The number of rotatable bonds is 7. The molecule has 0 aliphatic rings. The van der Waals surface area contributed by atoms with Crippen molar-refractivity contribution >= 4 is 17.2 Å². The van der Waals surface area contributed by atoms with E-state index in [1.165, 1.54) is 11.3 Å². The largest absolute Gasteiger partial charge is 0.493 e. The van der Waals surface area contributed by atoms with Crippen LogP contribution in [0.25, 0.3) is 10.8 Å². The van der Waals surface area contributed by atoms with E-state index < -0.39 is 0 Å². The Balaban J connectivity index is 1.56. The summed E-state index contributed by atoms with van der Waals surface area (Å²) in [5.41, 5.74) is 1.44. The number of carbonyl (C=O) groups is 1. The summed E-state index contributed by atoms with van der Waals surface area (Å²) in [4.78, 5) is 16.5. The zero-order valence-electron chi connectivity index (χ0n) is 13.9. The quantitative estimate of drug-likeness (QED) is 0.701. The number of thiazole rings is 1. The molecule has 3 rings (SSSR count). The third kappa shape index (κ3) is 4.00. The molecule has 0 saturated heterocycles. The second kappa shape index (κ2) is 7.85. The molecule has 0 unspecified atom stereocenters. The van der Waals surface area contributed by atoms with Crippen molar-refractivity contribution in [3.05, 3.63) is 53.2 Å². The summed E-state index contributed by atoms with van der Waals surface area (Å²) in [6.45, 7) is 0.502. The van der Waals surface area contributed by atoms with Crippen molar-refractivity contribution in [3.63, 3.8) is 0 Å². The van der Waals surface area contributed by atoms with Gasteiger partial charge in [-0.3, -0.25) is 4.79 Å². The molecule has 0 bridgehead atoms. The van der Waals surface area contributed by atoms with Gasteiger partial charge in [0.1, 0.15) is 5.69 Å². The molecule has 1 aromatic carbocycles. The van der Waals surface area contributed by atoms with Gasteiger partial charge in [-0.2, -0.15) is 0 Å². The molecule has 25 heavy (non-hydrogen) atoms. The summed E-state index contributed by atoms with van der Waals surface area (Å²) in [7, 11) is 3.20. The molecule has 0 saturated carbocycles. The smallest absolute Gasteiger partial charge is 0.270 e. The van der Waals surface area contributed by atoms with Gasteiger partial charge in [0.15, 0.2) is 22.3 Å². The van der Waals surface area contributed by atoms with E-state index in [9.17, 15) is 4.79 Å². The SMILES string of the molecule is COc1ccc(CCNC(=O)c2csc(-c3ccco3)n2)cc1OC. The van der Waals surface area contributed by atoms with Crippen molar-refractivity contribution in [3.8, 4) is 22.3 Å². The lowest BCUT2D eigenvalue weighted by Crippen LogP contribution is -2.25. The zero-order chi connectivity index (χ0) is 17.6. The van der Waals surface area contributed by atoms with Crippen LogP contribution in [0.4, 0.5) is 0 Å². The van der Waals surface area contributed by atoms with E-state index in [4.69, 9.17) is 13.9 Å². The van der Waals surface area contributed by atoms with E-state index in [1.54, 1.807) is 31.9 Å². The Bertz CT molecular complexity index is 843. The predicted octanol–water partition coefficient (Wildman–Crippen LogP) is 3.39. The number of nitrogens with one attached hydrogen (secondary N) is 1. The Hall–Kier alpha value is -2.80. The van der Waals surface area contributed by atoms with Crippen LogP contribution in [-0.4, -0.2) is 31.7 Å². The number of nitrogens with zero attached hydrogens (tertiary/aromatic N) is 1. The first kappa shape index (κ1) is 17.0. The van der Waals surface area contributed by atoms with Crippen molar-refractivity contribution < 1.29 is 18.7 Å². The fraction of sp³-hybridized carbons (Fsp3) is 0.222. The van der Waals surface area contributed by atoms with E-state index >= 15 is 0 Å². The van der Waals surface area contributed by atoms with Crippen LogP contribution in [0.15, 0.2) is 46.4 Å². The van der Waals surface area contributed by atoms with Gasteiger partial charge in [-0.1, -0.05) is 6.07 Å². The van der Waals surface area contributed by atoms with Gasteiger partial charge in [0.2, 0.25) is 0 Å². The van der Waals surface area contributed by atoms with Crippen LogP contribution in [0.1, 0.15) is 16.1 Å². The summed E-state index contributed by atoms with van der Waals surface area (Å²) in [6.07, 6.45) is 2.26. The van der Waals surface area contributed by atoms with Gasteiger partial charge in [0.05, 0.1) is 20.5 Å². The average Bonchev–Trinajstić information content (AvgIpc) is 3.32. The fourth-order valence-electron chi connectivity index (χ4n) is 2.34. The number of methoxy groups -OCH3 is 2. The molecule has 2 heterocycles. The Morgan fingerprint density at radius 2 is 2.08 bits per heavy atom. The molecule has 2 aromatic heterocycles. The van der Waals surface area contributed by atoms with Crippen LogP contribution in [0.5, 0.6) is 11.5 Å². The van der Waals surface area contributed by atoms with Crippen LogP contribution in [-0.2, 0) is 6.42 Å². The maximum Gasteiger partial charge on any atom is 0.270 e. The van der Waals surface area contributed by atoms with Gasteiger partial charge in [-0.25, -0.2) is 4.98 Å². The van der Waals surface area contributed by atoms with Gasteiger partial charge >= 0.3 is 0 Å². The second-order valence-electron chi connectivity index (χ2n) is 5.21. The normalized spacial score (nSPS) is 10.5. The molecule has 0 fully saturated rings. The molecule has 0 spiro atoms. The molecular formula is C18H18N2O4S. The highest BCUT2D eigenvalue weighted by molar-refractivity contribution is 7.13. The lowest BCUT2D eigenvalue weighted by atomic mass is 10.1. The van der Waals surface area contributed by atoms with Crippen LogP contribution in [0, 0.1) is 0 Å². The molecule has 130 valence electrons. The highest BCUT2D eigenvalue weighted by Gasteiger charge is 2.13. The second-order valence-corrected chi connectivity index (χ2v) is 6.07. The molecule has 6 nitrogen and oxygen atoms in total. The van der Waals surface area contributed by atoms with E-state index in [0.717, 1.165) is 5.56 Å². The first-order chi connectivity index (χ1) is 12.2. The Morgan fingerprint density at radius 3 is 2.80 bits per heavy atom. The molecule has 0 aliphatic carbocycles. The minimum Gasteiger partial charge on any atom is -0.493 e. The number of amides is 1. The average molecular weight is 358 g/mol. The number of aromatic nitrogens is 1. The van der Waals surface area contributed by atoms with Gasteiger partial charge < -0.3 is 19.2 Å². The van der Waals surface area contributed by atoms with E-state index in [-0.39, 0.29) is 5.91 Å². The third-order valence-electron chi connectivity index (χ3n) is 3.62. The number of furan rings is 1. The van der Waals surface area contributed by atoms with Crippen LogP contribution in [0.2, 0.25) is 0 Å². The summed E-state index contributed by atoms with van der Waals surface area (Å²) in [6, 6.07) is 9.32. The molecule has 0 atom stereocenters. The lowest BCUT2D eigenvalue weighted by molar-refractivity contribution is 0.0950. The number of hydrogen-bond donors (Lipinski definition) is 1. The monoisotopic (exact) mass is 358 g/mol. The maximum absolute atomic E-state index is 12.2. The molecule has 1 amide bonds. The minimum atomic E-state index is -0.200. The Labute approximate surface area is 149 Å². The molecule has 7 heteroatoms. The molecule has 3 aromatic rings. The summed E-state index contributed by atoms with van der Waals surface area (Å²) in [5, 5.41) is 5.29. The number of ether oxygens (including phenoxy) is 2. The topological polar surface area (TPSA) is 73.6 Å². The summed E-state index contributed by atoms with van der Waals surface area (Å²) < 4.78 is 15.8. The molecule has 0 aliphatic heterocycles. The predicted molar refractivity (Wildman–Crippen MR) is 95.4 cm³/mol. The van der Waals surface area contributed by atoms with E-state index in [0.29, 0.717) is 40.9 Å². The van der Waals surface area contributed by atoms with Gasteiger partial charge in [0, 0.05) is 11.9 Å². The first-order valence-corrected chi connectivity index (χ1v) is 8.57. The van der Waals surface area contributed by atoms with Gasteiger partial charge in [-0.05, 0) is 36.2 Å². The minimum absolute atomic E-state index is 0.200. The molecular weight excluding hydrogens is 340 g/mol. The Kier molecular flexibility index (Phi) is 5.35. The van der Waals surface area contributed by atoms with E-state index in [2.05, 4.69) is 10.3 Å². The standard InChI is InChI=1S/C18H18N2O4S/c1-22-14-6-5-12(10-16(14)23-2)7-8-19-17(21)13-11-25-18(20-13)15-4-3-9-24-15/h3-6,9-11H,7-8H2,1-2H3,(H,19,21). The first-order valence-electron chi connectivity index (χ1n) is 7.69. The van der Waals surface area contributed by atoms with E-state index in [1.807, 2.05) is 24.3 Å². The highest BCUT2D eigenvalue weighted by atomic mass is 32.1. The summed E-state index contributed by atoms with van der Waals surface area (Å²) >= 11 is 1.38. The van der Waals surface area contributed by atoms with Gasteiger partial charge in [-0.15, -0.1) is 11.3 Å². The van der Waals surface area contributed by atoms with Crippen molar-refractivity contribution in [1.29, 1.82) is 0 Å². The van der Waals surface area contributed by atoms with Crippen molar-refractivity contribution in [2.24, 2.45) is 0 Å². The van der Waals surface area contributed by atoms with Crippen molar-refractivity contribution in [2.75, 3.05) is 20.8 Å². The summed E-state index contributed by atoms with van der Waals surface area (Å²) in [5.74, 6) is 1.82. The van der Waals surface area contributed by atoms with Crippen molar-refractivity contribution in [2.45, 2.75) is 6.42 Å². The number of carbonyl (C=O) groups excluding carboxylic acids is 1. The number of hydrogen-bond acceptors (Lipinski definition) is 6. The number of benzene rings is 1. The maximum atomic E-state index is 12.2. The molecule has 1 N–H and O–H groups in total. The third-order valence-corrected chi connectivity index (χ3v) is 4.47. The lowest BCUT2D eigenvalue weighted by Gasteiger charge is -2.09. The van der Waals surface area contributed by atoms with Crippen molar-refractivity contribution in [1.82, 2.24) is 10.3 Å². The van der Waals surface area contributed by atoms with Gasteiger partial charge in [0.25, 0.3) is 5.91 Å². The van der Waals surface area contributed by atoms with Crippen LogP contribution >= 0.6 is 11.3 Å².